The summed E-state index contributed by atoms with van der Waals surface area (Å²) in [6, 6.07) is 0. The standard InChI is InChI=1S/C4H10N2.C3H7N/c5-6-3-1-2-4-6;1-2-4-3-1/h1-5H2;4H,1-3H2. The van der Waals surface area contributed by atoms with Crippen LogP contribution in [0.3, 0.4) is 0 Å². The summed E-state index contributed by atoms with van der Waals surface area (Å²) >= 11 is 0. The Morgan fingerprint density at radius 3 is 1.50 bits per heavy atom. The van der Waals surface area contributed by atoms with Gasteiger partial charge in [-0.25, -0.2) is 5.01 Å². The molecule has 2 heterocycles. The lowest BCUT2D eigenvalue weighted by Crippen LogP contribution is -2.29. The molecule has 0 aromatic carbocycles. The molecule has 10 heavy (non-hydrogen) atoms. The second kappa shape index (κ2) is 4.66. The molecule has 0 aromatic rings. The van der Waals surface area contributed by atoms with E-state index in [9.17, 15) is 0 Å². The molecule has 3 N–H and O–H groups in total. The van der Waals surface area contributed by atoms with E-state index in [-0.39, 0.29) is 0 Å². The fourth-order valence-electron chi connectivity index (χ4n) is 0.918. The maximum absolute atomic E-state index is 5.37. The number of rotatable bonds is 0. The molecule has 2 saturated heterocycles. The van der Waals surface area contributed by atoms with Crippen molar-refractivity contribution in [2.24, 2.45) is 5.84 Å². The van der Waals surface area contributed by atoms with E-state index < -0.39 is 0 Å². The van der Waals surface area contributed by atoms with E-state index in [1.54, 1.807) is 0 Å². The van der Waals surface area contributed by atoms with Gasteiger partial charge in [-0.05, 0) is 32.4 Å². The molecule has 2 fully saturated rings. The molecule has 0 aliphatic carbocycles. The minimum atomic E-state index is 1.10. The average molecular weight is 143 g/mol. The van der Waals surface area contributed by atoms with Gasteiger partial charge >= 0.3 is 0 Å². The van der Waals surface area contributed by atoms with Crippen LogP contribution in [0.1, 0.15) is 19.3 Å². The fourth-order valence-corrected chi connectivity index (χ4v) is 0.918. The van der Waals surface area contributed by atoms with Gasteiger partial charge in [0.15, 0.2) is 0 Å². The summed E-state index contributed by atoms with van der Waals surface area (Å²) in [5.74, 6) is 5.37. The van der Waals surface area contributed by atoms with Crippen molar-refractivity contribution in [2.75, 3.05) is 26.2 Å². The first-order valence-corrected chi connectivity index (χ1v) is 4.10. The van der Waals surface area contributed by atoms with Crippen LogP contribution in [0.4, 0.5) is 0 Å². The van der Waals surface area contributed by atoms with Crippen molar-refractivity contribution in [3.05, 3.63) is 0 Å². The largest absolute Gasteiger partial charge is 0.317 e. The smallest absolute Gasteiger partial charge is 0.0129 e. The Morgan fingerprint density at radius 1 is 1.00 bits per heavy atom. The van der Waals surface area contributed by atoms with Crippen molar-refractivity contribution in [2.45, 2.75) is 19.3 Å². The first-order valence-electron chi connectivity index (χ1n) is 4.10. The molecule has 60 valence electrons. The Kier molecular flexibility index (Phi) is 3.72. The zero-order valence-corrected chi connectivity index (χ0v) is 6.47. The van der Waals surface area contributed by atoms with Gasteiger partial charge in [0.25, 0.3) is 0 Å². The molecule has 3 heteroatoms. The quantitative estimate of drug-likeness (QED) is 0.467. The summed E-state index contributed by atoms with van der Waals surface area (Å²) in [5.41, 5.74) is 0. The molecule has 2 aliphatic rings. The monoisotopic (exact) mass is 143 g/mol. The van der Waals surface area contributed by atoms with E-state index in [0.717, 1.165) is 13.1 Å². The molecule has 0 saturated carbocycles. The summed E-state index contributed by atoms with van der Waals surface area (Å²) < 4.78 is 0. The zero-order valence-electron chi connectivity index (χ0n) is 6.47. The SMILES string of the molecule is C1CNC1.NN1CCCC1. The number of nitrogens with two attached hydrogens (primary N) is 1. The van der Waals surface area contributed by atoms with E-state index in [1.807, 2.05) is 5.01 Å². The normalized spacial score (nSPS) is 24.9. The van der Waals surface area contributed by atoms with Gasteiger partial charge in [-0.15, -0.1) is 0 Å². The maximum atomic E-state index is 5.37. The van der Waals surface area contributed by atoms with Crippen LogP contribution in [0.2, 0.25) is 0 Å². The van der Waals surface area contributed by atoms with Crippen LogP contribution < -0.4 is 11.2 Å². The highest BCUT2D eigenvalue weighted by Crippen LogP contribution is 1.99. The van der Waals surface area contributed by atoms with E-state index in [2.05, 4.69) is 5.32 Å². The molecule has 2 rings (SSSR count). The molecular weight excluding hydrogens is 126 g/mol. The predicted octanol–water partition coefficient (Wildman–Crippen LogP) is -0.0644. The lowest BCUT2D eigenvalue weighted by molar-refractivity contribution is 0.355. The first kappa shape index (κ1) is 7.98. The maximum Gasteiger partial charge on any atom is 0.0129 e. The highest BCUT2D eigenvalue weighted by molar-refractivity contribution is 4.57. The first-order chi connectivity index (χ1) is 4.89. The van der Waals surface area contributed by atoms with E-state index in [1.165, 1.54) is 32.4 Å². The van der Waals surface area contributed by atoms with Gasteiger partial charge in [0.1, 0.15) is 0 Å². The summed E-state index contributed by atoms with van der Waals surface area (Å²) in [6.45, 7) is 4.69. The number of hydrazine groups is 1. The van der Waals surface area contributed by atoms with Crippen LogP contribution in [-0.4, -0.2) is 31.2 Å². The molecule has 0 radical (unpaired) electrons. The minimum Gasteiger partial charge on any atom is -0.317 e. The third-order valence-corrected chi connectivity index (χ3v) is 1.85. The Hall–Kier alpha value is -0.120. The lowest BCUT2D eigenvalue weighted by Gasteiger charge is -2.09. The minimum absolute atomic E-state index is 1.10. The van der Waals surface area contributed by atoms with E-state index in [4.69, 9.17) is 5.84 Å². The Morgan fingerprint density at radius 2 is 1.40 bits per heavy atom. The molecular formula is C7H17N3. The molecule has 0 atom stereocenters. The summed E-state index contributed by atoms with van der Waals surface area (Å²) in [5, 5.41) is 4.97. The van der Waals surface area contributed by atoms with E-state index >= 15 is 0 Å². The summed E-state index contributed by atoms with van der Waals surface area (Å²) in [7, 11) is 0. The van der Waals surface area contributed by atoms with Crippen molar-refractivity contribution in [1.29, 1.82) is 0 Å². The number of hydrogen-bond acceptors (Lipinski definition) is 3. The van der Waals surface area contributed by atoms with Gasteiger partial charge in [0.05, 0.1) is 0 Å². The number of nitrogens with one attached hydrogen (secondary N) is 1. The van der Waals surface area contributed by atoms with E-state index in [0.29, 0.717) is 0 Å². The van der Waals surface area contributed by atoms with Gasteiger partial charge in [0, 0.05) is 13.1 Å². The van der Waals surface area contributed by atoms with Crippen LogP contribution in [0, 0.1) is 0 Å². The number of nitrogens with zero attached hydrogens (tertiary/aromatic N) is 1. The van der Waals surface area contributed by atoms with Gasteiger partial charge in [-0.1, -0.05) is 0 Å². The van der Waals surface area contributed by atoms with Crippen LogP contribution in [0.5, 0.6) is 0 Å². The van der Waals surface area contributed by atoms with Crippen molar-refractivity contribution in [3.8, 4) is 0 Å². The van der Waals surface area contributed by atoms with Gasteiger partial charge in [0.2, 0.25) is 0 Å². The van der Waals surface area contributed by atoms with Crippen molar-refractivity contribution < 1.29 is 0 Å². The molecule has 3 nitrogen and oxygen atoms in total. The third kappa shape index (κ3) is 3.15. The van der Waals surface area contributed by atoms with Crippen LogP contribution in [0.25, 0.3) is 0 Å². The van der Waals surface area contributed by atoms with Crippen molar-refractivity contribution in [1.82, 2.24) is 10.3 Å². The number of hydrogen-bond donors (Lipinski definition) is 2. The molecule has 0 aromatic heterocycles. The zero-order chi connectivity index (χ0) is 7.23. The van der Waals surface area contributed by atoms with Crippen molar-refractivity contribution in [3.63, 3.8) is 0 Å². The molecule has 0 unspecified atom stereocenters. The summed E-state index contributed by atoms with van der Waals surface area (Å²) in [4.78, 5) is 0. The Labute approximate surface area is 62.5 Å². The van der Waals surface area contributed by atoms with Crippen LogP contribution in [0.15, 0.2) is 0 Å². The predicted molar refractivity (Wildman–Crippen MR) is 42.5 cm³/mol. The molecule has 2 aliphatic heterocycles. The molecule has 0 bridgehead atoms. The third-order valence-electron chi connectivity index (χ3n) is 1.85. The fraction of sp³-hybridized carbons (Fsp3) is 1.00. The molecule has 0 spiro atoms. The Bertz CT molecular complexity index is 70.9. The summed E-state index contributed by atoms with van der Waals surface area (Å²) in [6.07, 6.45) is 3.97. The van der Waals surface area contributed by atoms with Crippen LogP contribution >= 0.6 is 0 Å². The highest BCUT2D eigenvalue weighted by atomic mass is 15.4. The van der Waals surface area contributed by atoms with Gasteiger partial charge in [-0.3, -0.25) is 5.84 Å². The van der Waals surface area contributed by atoms with Gasteiger partial charge < -0.3 is 5.32 Å². The van der Waals surface area contributed by atoms with Crippen LogP contribution in [-0.2, 0) is 0 Å². The highest BCUT2D eigenvalue weighted by Gasteiger charge is 2.03. The topological polar surface area (TPSA) is 41.3 Å². The second-order valence-electron chi connectivity index (χ2n) is 2.85. The average Bonchev–Trinajstić information content (AvgIpc) is 2.12. The van der Waals surface area contributed by atoms with Gasteiger partial charge in [-0.2, -0.15) is 0 Å². The second-order valence-corrected chi connectivity index (χ2v) is 2.85. The molecule has 0 amide bonds. The lowest BCUT2D eigenvalue weighted by atomic mass is 10.3. The Balaban J connectivity index is 0.000000108. The van der Waals surface area contributed by atoms with Crippen molar-refractivity contribution >= 4 is 0 Å².